The maximum Gasteiger partial charge on any atom is 0.173 e. The number of hydrogen-bond donors (Lipinski definition) is 0. The lowest BCUT2D eigenvalue weighted by molar-refractivity contribution is 0.114. The second-order valence-electron chi connectivity index (χ2n) is 6.86. The van der Waals surface area contributed by atoms with Gasteiger partial charge in [-0.3, -0.25) is 4.90 Å². The summed E-state index contributed by atoms with van der Waals surface area (Å²) >= 11 is 0. The highest BCUT2D eigenvalue weighted by atomic mass is 19.1. The molecule has 0 amide bonds. The number of fused-ring (bicyclic) bond motifs is 1. The lowest BCUT2D eigenvalue weighted by Crippen LogP contribution is -2.34. The predicted octanol–water partition coefficient (Wildman–Crippen LogP) is 4.54. The molecule has 3 aromatic rings. The number of alkyl halides is 1. The number of nitrogens with zero attached hydrogens (tertiary/aromatic N) is 3. The van der Waals surface area contributed by atoms with E-state index in [2.05, 4.69) is 9.88 Å². The van der Waals surface area contributed by atoms with Gasteiger partial charge in [0.2, 0.25) is 0 Å². The van der Waals surface area contributed by atoms with Crippen molar-refractivity contribution in [3.63, 3.8) is 0 Å². The van der Waals surface area contributed by atoms with E-state index >= 15 is 0 Å². The lowest BCUT2D eigenvalue weighted by atomic mass is 9.88. The second-order valence-corrected chi connectivity index (χ2v) is 6.86. The van der Waals surface area contributed by atoms with Gasteiger partial charge in [-0.1, -0.05) is 18.2 Å². The lowest BCUT2D eigenvalue weighted by Gasteiger charge is -2.33. The van der Waals surface area contributed by atoms with Crippen LogP contribution in [0.1, 0.15) is 30.3 Å². The molecule has 0 radical (unpaired) electrons. The Labute approximate surface area is 150 Å². The van der Waals surface area contributed by atoms with Crippen molar-refractivity contribution >= 4 is 5.65 Å². The summed E-state index contributed by atoms with van der Waals surface area (Å²) in [7, 11) is 0. The quantitative estimate of drug-likeness (QED) is 0.682. The fraction of sp³-hybridized carbons (Fsp3) is 0.350. The van der Waals surface area contributed by atoms with E-state index in [9.17, 15) is 13.2 Å². The van der Waals surface area contributed by atoms with Crippen LogP contribution in [-0.4, -0.2) is 27.4 Å². The molecular formula is C20H20F3N3. The maximum atomic E-state index is 14.7. The molecular weight excluding hydrogens is 339 g/mol. The van der Waals surface area contributed by atoms with Crippen LogP contribution in [0.2, 0.25) is 0 Å². The van der Waals surface area contributed by atoms with E-state index in [1.807, 2.05) is 6.20 Å². The van der Waals surface area contributed by atoms with Crippen molar-refractivity contribution < 1.29 is 13.2 Å². The summed E-state index contributed by atoms with van der Waals surface area (Å²) in [5.41, 5.74) is 1.27. The maximum absolute atomic E-state index is 14.7. The first-order chi connectivity index (χ1) is 12.6. The fourth-order valence-electron chi connectivity index (χ4n) is 3.69. The molecule has 0 aliphatic carbocycles. The third-order valence-electron chi connectivity index (χ3n) is 5.12. The van der Waals surface area contributed by atoms with E-state index in [4.69, 9.17) is 0 Å². The van der Waals surface area contributed by atoms with Crippen LogP contribution in [0.25, 0.3) is 5.65 Å². The zero-order chi connectivity index (χ0) is 18.1. The largest absolute Gasteiger partial charge is 0.304 e. The SMILES string of the molecule is Fc1ccccc1C(F)C1CCN(Cc2cn3cccc(F)c3n2)CC1. The van der Waals surface area contributed by atoms with Gasteiger partial charge in [0.15, 0.2) is 11.5 Å². The molecule has 0 spiro atoms. The van der Waals surface area contributed by atoms with Crippen LogP contribution < -0.4 is 0 Å². The van der Waals surface area contributed by atoms with Crippen molar-refractivity contribution in [2.24, 2.45) is 5.92 Å². The van der Waals surface area contributed by atoms with Gasteiger partial charge in [-0.15, -0.1) is 0 Å². The van der Waals surface area contributed by atoms with Crippen LogP contribution in [0.4, 0.5) is 13.2 Å². The summed E-state index contributed by atoms with van der Waals surface area (Å²) in [5.74, 6) is -1.00. The number of pyridine rings is 1. The van der Waals surface area contributed by atoms with Crippen molar-refractivity contribution in [3.05, 3.63) is 71.7 Å². The molecule has 0 bridgehead atoms. The van der Waals surface area contributed by atoms with Gasteiger partial charge in [0.05, 0.1) is 5.69 Å². The summed E-state index contributed by atoms with van der Waals surface area (Å²) < 4.78 is 43.9. The number of benzene rings is 1. The second kappa shape index (κ2) is 7.11. The van der Waals surface area contributed by atoms with E-state index in [0.717, 1.165) is 18.8 Å². The number of likely N-dealkylation sites (tertiary alicyclic amines) is 1. The monoisotopic (exact) mass is 359 g/mol. The number of rotatable bonds is 4. The molecule has 3 heterocycles. The predicted molar refractivity (Wildman–Crippen MR) is 93.4 cm³/mol. The van der Waals surface area contributed by atoms with Gasteiger partial charge in [0, 0.05) is 24.5 Å². The number of hydrogen-bond acceptors (Lipinski definition) is 2. The molecule has 3 nitrogen and oxygen atoms in total. The standard InChI is InChI=1S/C20H20F3N3/c21-17-5-2-1-4-16(17)19(23)14-7-10-25(11-8-14)12-15-13-26-9-3-6-18(22)20(26)24-15/h1-6,9,13-14,19H,7-8,10-12H2. The summed E-state index contributed by atoms with van der Waals surface area (Å²) in [6, 6.07) is 9.11. The van der Waals surface area contributed by atoms with Crippen molar-refractivity contribution in [1.29, 1.82) is 0 Å². The van der Waals surface area contributed by atoms with Crippen LogP contribution in [0.15, 0.2) is 48.8 Å². The first-order valence-electron chi connectivity index (χ1n) is 8.85. The molecule has 2 aromatic heterocycles. The number of halogens is 3. The van der Waals surface area contributed by atoms with Gasteiger partial charge in [-0.25, -0.2) is 18.2 Å². The first-order valence-corrected chi connectivity index (χ1v) is 8.85. The zero-order valence-corrected chi connectivity index (χ0v) is 14.3. The average molecular weight is 359 g/mol. The highest BCUT2D eigenvalue weighted by molar-refractivity contribution is 5.41. The van der Waals surface area contributed by atoms with E-state index in [1.54, 1.807) is 28.8 Å². The number of aromatic nitrogens is 2. The Balaban J connectivity index is 1.39. The molecule has 0 N–H and O–H groups in total. The molecule has 0 saturated carbocycles. The van der Waals surface area contributed by atoms with Gasteiger partial charge in [0.25, 0.3) is 0 Å². The van der Waals surface area contributed by atoms with Crippen molar-refractivity contribution in [2.75, 3.05) is 13.1 Å². The summed E-state index contributed by atoms with van der Waals surface area (Å²) in [5, 5.41) is 0. The molecule has 26 heavy (non-hydrogen) atoms. The molecule has 1 fully saturated rings. The average Bonchev–Trinajstić information content (AvgIpc) is 3.06. The van der Waals surface area contributed by atoms with Gasteiger partial charge < -0.3 is 4.40 Å². The zero-order valence-electron chi connectivity index (χ0n) is 14.3. The molecule has 1 aliphatic rings. The molecule has 4 rings (SSSR count). The molecule has 1 saturated heterocycles. The summed E-state index contributed by atoms with van der Waals surface area (Å²) in [4.78, 5) is 6.53. The highest BCUT2D eigenvalue weighted by Gasteiger charge is 2.29. The molecule has 6 heteroatoms. The minimum atomic E-state index is -1.28. The van der Waals surface area contributed by atoms with Crippen molar-refractivity contribution in [1.82, 2.24) is 14.3 Å². The third-order valence-corrected chi connectivity index (χ3v) is 5.12. The summed E-state index contributed by atoms with van der Waals surface area (Å²) in [6.45, 7) is 2.04. The molecule has 136 valence electrons. The Bertz CT molecular complexity index is 900. The topological polar surface area (TPSA) is 20.5 Å². The smallest absolute Gasteiger partial charge is 0.173 e. The van der Waals surface area contributed by atoms with Gasteiger partial charge in [0.1, 0.15) is 12.0 Å². The molecule has 1 aromatic carbocycles. The first kappa shape index (κ1) is 17.1. The fourth-order valence-corrected chi connectivity index (χ4v) is 3.69. The number of piperidine rings is 1. The molecule has 1 unspecified atom stereocenters. The van der Waals surface area contributed by atoms with Crippen molar-refractivity contribution in [2.45, 2.75) is 25.6 Å². The molecule has 1 atom stereocenters. The summed E-state index contributed by atoms with van der Waals surface area (Å²) in [6.07, 6.45) is 3.64. The van der Waals surface area contributed by atoms with E-state index < -0.39 is 12.0 Å². The van der Waals surface area contributed by atoms with Crippen LogP contribution in [0.3, 0.4) is 0 Å². The molecule has 1 aliphatic heterocycles. The minimum absolute atomic E-state index is 0.154. The Morgan fingerprint density at radius 3 is 2.50 bits per heavy atom. The Morgan fingerprint density at radius 1 is 1.04 bits per heavy atom. The normalized spacial score (nSPS) is 17.7. The minimum Gasteiger partial charge on any atom is -0.304 e. The highest BCUT2D eigenvalue weighted by Crippen LogP contribution is 2.35. The van der Waals surface area contributed by atoms with Crippen molar-refractivity contribution in [3.8, 4) is 0 Å². The Morgan fingerprint density at radius 2 is 1.77 bits per heavy atom. The number of imidazole rings is 1. The van der Waals surface area contributed by atoms with E-state index in [1.165, 1.54) is 18.2 Å². The third kappa shape index (κ3) is 3.33. The Kier molecular flexibility index (Phi) is 4.68. The van der Waals surface area contributed by atoms with Gasteiger partial charge in [-0.2, -0.15) is 0 Å². The van der Waals surface area contributed by atoms with Gasteiger partial charge in [-0.05, 0) is 50.0 Å². The van der Waals surface area contributed by atoms with E-state index in [-0.39, 0.29) is 17.3 Å². The van der Waals surface area contributed by atoms with Crippen LogP contribution in [0.5, 0.6) is 0 Å². The van der Waals surface area contributed by atoms with Crippen LogP contribution in [0, 0.1) is 17.6 Å². The van der Waals surface area contributed by atoms with Gasteiger partial charge >= 0.3 is 0 Å². The van der Waals surface area contributed by atoms with E-state index in [0.29, 0.717) is 25.0 Å². The Hall–Kier alpha value is -2.34. The van der Waals surface area contributed by atoms with Crippen LogP contribution >= 0.6 is 0 Å². The van der Waals surface area contributed by atoms with Crippen LogP contribution in [-0.2, 0) is 6.54 Å².